The van der Waals surface area contributed by atoms with Gasteiger partial charge in [0.1, 0.15) is 17.1 Å². The monoisotopic (exact) mass is 364 g/mol. The Morgan fingerprint density at radius 2 is 2.00 bits per heavy atom. The molecule has 1 aliphatic rings. The molecule has 1 atom stereocenters. The molecule has 0 radical (unpaired) electrons. The molecule has 0 saturated carbocycles. The predicted octanol–water partition coefficient (Wildman–Crippen LogP) is 3.89. The molecule has 1 aliphatic heterocycles. The van der Waals surface area contributed by atoms with E-state index in [0.717, 1.165) is 16.3 Å². The molecule has 0 amide bonds. The normalized spacial score (nSPS) is 16.0. The van der Waals surface area contributed by atoms with E-state index in [1.54, 1.807) is 24.9 Å². The zero-order chi connectivity index (χ0) is 18.1. The minimum absolute atomic E-state index is 0.108. The van der Waals surface area contributed by atoms with Gasteiger partial charge in [0.05, 0.1) is 16.6 Å². The Hall–Kier alpha value is -2.86. The largest absolute Gasteiger partial charge is 0.507 e. The zero-order valence-corrected chi connectivity index (χ0v) is 14.9. The number of nitrogens with zero attached hydrogens (tertiary/aromatic N) is 2. The second-order valence-corrected chi connectivity index (χ2v) is 7.25. The van der Waals surface area contributed by atoms with Crippen molar-refractivity contribution in [1.29, 1.82) is 0 Å². The Morgan fingerprint density at radius 1 is 1.19 bits per heavy atom. The summed E-state index contributed by atoms with van der Waals surface area (Å²) in [5, 5.41) is 10.2. The van der Waals surface area contributed by atoms with Crippen LogP contribution in [0, 0.1) is 6.92 Å². The number of para-hydroxylation sites is 1. The molecule has 1 aromatic carbocycles. The average molecular weight is 364 g/mol. The van der Waals surface area contributed by atoms with Gasteiger partial charge in [-0.1, -0.05) is 18.2 Å². The van der Waals surface area contributed by atoms with Gasteiger partial charge in [0.2, 0.25) is 0 Å². The lowest BCUT2D eigenvalue weighted by Gasteiger charge is -2.24. The third-order valence-electron chi connectivity index (χ3n) is 4.11. The van der Waals surface area contributed by atoms with Crippen molar-refractivity contribution in [3.8, 4) is 5.75 Å². The third kappa shape index (κ3) is 3.15. The van der Waals surface area contributed by atoms with Gasteiger partial charge in [0.25, 0.3) is 0 Å². The highest BCUT2D eigenvalue weighted by Crippen LogP contribution is 2.40. The van der Waals surface area contributed by atoms with Gasteiger partial charge in [0.15, 0.2) is 0 Å². The molecule has 3 aromatic rings. The molecular formula is C20H16N2O3S. The van der Waals surface area contributed by atoms with Gasteiger partial charge in [-0.2, -0.15) is 0 Å². The molecule has 6 heteroatoms. The first-order valence-corrected chi connectivity index (χ1v) is 9.08. The fourth-order valence-electron chi connectivity index (χ4n) is 2.96. The van der Waals surface area contributed by atoms with Crippen LogP contribution in [-0.2, 0) is 6.42 Å². The fourth-order valence-corrected chi connectivity index (χ4v) is 4.19. The number of fused-ring (bicyclic) bond motifs is 1. The van der Waals surface area contributed by atoms with E-state index in [1.807, 2.05) is 42.5 Å². The first-order valence-electron chi connectivity index (χ1n) is 8.20. The van der Waals surface area contributed by atoms with E-state index in [2.05, 4.69) is 4.98 Å². The number of aromatic hydroxyl groups is 1. The van der Waals surface area contributed by atoms with Crippen molar-refractivity contribution in [2.24, 2.45) is 4.99 Å². The molecule has 4 rings (SSSR count). The van der Waals surface area contributed by atoms with Crippen LogP contribution in [0.15, 0.2) is 73.8 Å². The maximum Gasteiger partial charge on any atom is 0.348 e. The van der Waals surface area contributed by atoms with Crippen molar-refractivity contribution >= 4 is 23.2 Å². The molecule has 26 heavy (non-hydrogen) atoms. The van der Waals surface area contributed by atoms with Crippen LogP contribution in [0.5, 0.6) is 5.75 Å². The van der Waals surface area contributed by atoms with Crippen LogP contribution in [0.3, 0.4) is 0 Å². The highest BCUT2D eigenvalue weighted by molar-refractivity contribution is 8.01. The predicted molar refractivity (Wildman–Crippen MR) is 102 cm³/mol. The molecular weight excluding hydrogens is 348 g/mol. The van der Waals surface area contributed by atoms with Crippen molar-refractivity contribution in [3.63, 3.8) is 0 Å². The summed E-state index contributed by atoms with van der Waals surface area (Å²) in [6, 6.07) is 14.9. The van der Waals surface area contributed by atoms with E-state index in [1.165, 1.54) is 6.07 Å². The number of aliphatic imine (C=N–C) groups is 1. The molecule has 0 bridgehead atoms. The number of pyridine rings is 1. The van der Waals surface area contributed by atoms with E-state index in [-0.39, 0.29) is 16.6 Å². The van der Waals surface area contributed by atoms with Crippen molar-refractivity contribution in [2.45, 2.75) is 23.5 Å². The molecule has 0 fully saturated rings. The topological polar surface area (TPSA) is 75.7 Å². The Morgan fingerprint density at radius 3 is 2.77 bits per heavy atom. The van der Waals surface area contributed by atoms with Crippen molar-refractivity contribution in [2.75, 3.05) is 0 Å². The number of aryl methyl sites for hydroxylation is 1. The fraction of sp³-hybridized carbons (Fsp3) is 0.150. The second kappa shape index (κ2) is 6.80. The molecule has 3 heterocycles. The number of hydrogen-bond acceptors (Lipinski definition) is 6. The van der Waals surface area contributed by atoms with Crippen LogP contribution in [0.4, 0.5) is 5.69 Å². The summed E-state index contributed by atoms with van der Waals surface area (Å²) < 4.78 is 5.21. The van der Waals surface area contributed by atoms with Gasteiger partial charge in [-0.15, -0.1) is 11.8 Å². The summed E-state index contributed by atoms with van der Waals surface area (Å²) in [4.78, 5) is 22.5. The number of benzene rings is 1. The molecule has 1 unspecified atom stereocenters. The summed E-state index contributed by atoms with van der Waals surface area (Å²) in [6.45, 7) is 1.63. The van der Waals surface area contributed by atoms with Gasteiger partial charge in [-0.05, 0) is 31.2 Å². The highest BCUT2D eigenvalue weighted by atomic mass is 32.2. The Labute approximate surface area is 154 Å². The second-order valence-electron chi connectivity index (χ2n) is 6.00. The zero-order valence-electron chi connectivity index (χ0n) is 14.0. The number of thioether (sulfide) groups is 1. The van der Waals surface area contributed by atoms with Gasteiger partial charge < -0.3 is 9.52 Å². The van der Waals surface area contributed by atoms with Crippen molar-refractivity contribution in [3.05, 3.63) is 82.2 Å². The quantitative estimate of drug-likeness (QED) is 0.763. The molecule has 5 nitrogen and oxygen atoms in total. The van der Waals surface area contributed by atoms with Crippen LogP contribution in [0.25, 0.3) is 0 Å². The minimum Gasteiger partial charge on any atom is -0.507 e. The SMILES string of the molecule is Cc1cc(O)c(C2=Nc3ccccc3SC2Cc2ccccn2)c(=O)o1. The van der Waals surface area contributed by atoms with E-state index in [4.69, 9.17) is 9.41 Å². The summed E-state index contributed by atoms with van der Waals surface area (Å²) in [7, 11) is 0. The summed E-state index contributed by atoms with van der Waals surface area (Å²) in [6.07, 6.45) is 2.33. The molecule has 0 saturated heterocycles. The standard InChI is InChI=1S/C20H16N2O3S/c1-12-10-15(23)18(20(24)25-12)19-17(11-13-6-4-5-9-21-13)26-16-8-3-2-7-14(16)22-19/h2-10,17,23H,11H2,1H3. The summed E-state index contributed by atoms with van der Waals surface area (Å²) >= 11 is 1.61. The van der Waals surface area contributed by atoms with E-state index >= 15 is 0 Å². The number of hydrogen-bond donors (Lipinski definition) is 1. The van der Waals surface area contributed by atoms with Crippen molar-refractivity contribution < 1.29 is 9.52 Å². The van der Waals surface area contributed by atoms with E-state index < -0.39 is 5.63 Å². The average Bonchev–Trinajstić information content (AvgIpc) is 2.62. The van der Waals surface area contributed by atoms with Gasteiger partial charge in [-0.25, -0.2) is 4.79 Å². The Kier molecular flexibility index (Phi) is 4.34. The van der Waals surface area contributed by atoms with Gasteiger partial charge in [0, 0.05) is 29.3 Å². The maximum absolute atomic E-state index is 12.4. The Bertz CT molecular complexity index is 1040. The number of rotatable bonds is 3. The molecule has 2 aromatic heterocycles. The minimum atomic E-state index is -0.577. The highest BCUT2D eigenvalue weighted by Gasteiger charge is 2.30. The van der Waals surface area contributed by atoms with Crippen LogP contribution in [0.2, 0.25) is 0 Å². The van der Waals surface area contributed by atoms with Crippen molar-refractivity contribution in [1.82, 2.24) is 4.98 Å². The lowest BCUT2D eigenvalue weighted by atomic mass is 10.0. The first-order chi connectivity index (χ1) is 12.6. The first kappa shape index (κ1) is 16.6. The van der Waals surface area contributed by atoms with Crippen LogP contribution in [-0.4, -0.2) is 21.1 Å². The molecule has 1 N–H and O–H groups in total. The lowest BCUT2D eigenvalue weighted by molar-refractivity contribution is 0.432. The smallest absolute Gasteiger partial charge is 0.348 e. The lowest BCUT2D eigenvalue weighted by Crippen LogP contribution is -2.28. The van der Waals surface area contributed by atoms with E-state index in [0.29, 0.717) is 17.9 Å². The third-order valence-corrected chi connectivity index (χ3v) is 5.38. The van der Waals surface area contributed by atoms with Gasteiger partial charge in [-0.3, -0.25) is 9.98 Å². The molecule has 130 valence electrons. The Balaban J connectivity index is 1.85. The van der Waals surface area contributed by atoms with Crippen LogP contribution in [0.1, 0.15) is 17.0 Å². The van der Waals surface area contributed by atoms with Crippen LogP contribution < -0.4 is 5.63 Å². The molecule has 0 aliphatic carbocycles. The van der Waals surface area contributed by atoms with Crippen LogP contribution >= 0.6 is 11.8 Å². The molecule has 0 spiro atoms. The summed E-state index contributed by atoms with van der Waals surface area (Å²) in [5.74, 6) is 0.255. The van der Waals surface area contributed by atoms with E-state index in [9.17, 15) is 9.90 Å². The number of aromatic nitrogens is 1. The maximum atomic E-state index is 12.4. The summed E-state index contributed by atoms with van der Waals surface area (Å²) in [5.41, 5.74) is 1.74. The van der Waals surface area contributed by atoms with Gasteiger partial charge >= 0.3 is 5.63 Å².